The maximum absolute atomic E-state index is 3.62. The lowest BCUT2D eigenvalue weighted by molar-refractivity contribution is 1.50. The SMILES string of the molecule is Cc1c2ccccc2c(CBr)c2ccccc12. The van der Waals surface area contributed by atoms with Crippen molar-refractivity contribution >= 4 is 37.5 Å². The van der Waals surface area contributed by atoms with Gasteiger partial charge in [0.25, 0.3) is 0 Å². The van der Waals surface area contributed by atoms with Gasteiger partial charge in [-0.05, 0) is 39.6 Å². The van der Waals surface area contributed by atoms with Crippen LogP contribution in [0, 0.1) is 6.92 Å². The number of aryl methyl sites for hydroxylation is 1. The van der Waals surface area contributed by atoms with Crippen LogP contribution in [0.1, 0.15) is 11.1 Å². The minimum Gasteiger partial charge on any atom is -0.0876 e. The van der Waals surface area contributed by atoms with Crippen molar-refractivity contribution in [2.24, 2.45) is 0 Å². The fourth-order valence-corrected chi connectivity index (χ4v) is 3.18. The molecule has 17 heavy (non-hydrogen) atoms. The lowest BCUT2D eigenvalue weighted by Gasteiger charge is -2.12. The van der Waals surface area contributed by atoms with Gasteiger partial charge < -0.3 is 0 Å². The summed E-state index contributed by atoms with van der Waals surface area (Å²) in [5.74, 6) is 0. The van der Waals surface area contributed by atoms with Gasteiger partial charge in [-0.15, -0.1) is 0 Å². The van der Waals surface area contributed by atoms with Gasteiger partial charge in [-0.3, -0.25) is 0 Å². The summed E-state index contributed by atoms with van der Waals surface area (Å²) in [6.07, 6.45) is 0. The number of rotatable bonds is 1. The number of benzene rings is 3. The maximum atomic E-state index is 3.62. The lowest BCUT2D eigenvalue weighted by Crippen LogP contribution is -1.89. The molecule has 0 nitrogen and oxygen atoms in total. The molecule has 0 saturated carbocycles. The zero-order chi connectivity index (χ0) is 11.8. The van der Waals surface area contributed by atoms with Crippen molar-refractivity contribution in [3.63, 3.8) is 0 Å². The molecule has 0 N–H and O–H groups in total. The highest BCUT2D eigenvalue weighted by molar-refractivity contribution is 9.08. The maximum Gasteiger partial charge on any atom is 0.0295 e. The van der Waals surface area contributed by atoms with Crippen LogP contribution in [0.3, 0.4) is 0 Å². The number of fused-ring (bicyclic) bond motifs is 2. The molecule has 3 rings (SSSR count). The summed E-state index contributed by atoms with van der Waals surface area (Å²) in [7, 11) is 0. The van der Waals surface area contributed by atoms with Gasteiger partial charge in [-0.2, -0.15) is 0 Å². The second-order valence-electron chi connectivity index (χ2n) is 4.33. The zero-order valence-electron chi connectivity index (χ0n) is 9.70. The molecule has 0 heterocycles. The summed E-state index contributed by atoms with van der Waals surface area (Å²) in [6, 6.07) is 17.3. The van der Waals surface area contributed by atoms with Crippen LogP contribution >= 0.6 is 15.9 Å². The van der Waals surface area contributed by atoms with E-state index in [0.29, 0.717) is 0 Å². The van der Waals surface area contributed by atoms with Gasteiger partial charge in [0.15, 0.2) is 0 Å². The first-order chi connectivity index (χ1) is 8.33. The molecule has 3 aromatic carbocycles. The standard InChI is InChI=1S/C16H13Br/c1-11-12-6-2-4-8-14(12)16(10-17)15-9-5-3-7-13(11)15/h2-9H,10H2,1H3. The Morgan fingerprint density at radius 1 is 0.765 bits per heavy atom. The zero-order valence-corrected chi connectivity index (χ0v) is 11.3. The minimum absolute atomic E-state index is 0.897. The van der Waals surface area contributed by atoms with E-state index in [2.05, 4.69) is 71.4 Å². The molecule has 0 radical (unpaired) electrons. The first-order valence-corrected chi connectivity index (χ1v) is 6.90. The predicted octanol–water partition coefficient (Wildman–Crippen LogP) is 5.20. The Labute approximate surface area is 109 Å². The van der Waals surface area contributed by atoms with E-state index in [1.165, 1.54) is 32.7 Å². The molecule has 0 saturated heterocycles. The Kier molecular flexibility index (Phi) is 2.64. The van der Waals surface area contributed by atoms with E-state index < -0.39 is 0 Å². The van der Waals surface area contributed by atoms with Gasteiger partial charge in [0.1, 0.15) is 0 Å². The van der Waals surface area contributed by atoms with Crippen LogP contribution in [-0.4, -0.2) is 0 Å². The molecule has 84 valence electrons. The Morgan fingerprint density at radius 3 is 1.59 bits per heavy atom. The first kappa shape index (κ1) is 10.8. The smallest absolute Gasteiger partial charge is 0.0295 e. The molecule has 0 aliphatic carbocycles. The molecule has 0 aliphatic rings. The normalized spacial score (nSPS) is 11.2. The van der Waals surface area contributed by atoms with E-state index in [1.807, 2.05) is 0 Å². The second kappa shape index (κ2) is 4.15. The van der Waals surface area contributed by atoms with Crippen molar-refractivity contribution in [1.82, 2.24) is 0 Å². The van der Waals surface area contributed by atoms with Crippen LogP contribution in [-0.2, 0) is 5.33 Å². The minimum atomic E-state index is 0.897. The predicted molar refractivity (Wildman–Crippen MR) is 78.8 cm³/mol. The van der Waals surface area contributed by atoms with Gasteiger partial charge in [0.05, 0.1) is 0 Å². The van der Waals surface area contributed by atoms with Gasteiger partial charge in [-0.1, -0.05) is 64.5 Å². The largest absolute Gasteiger partial charge is 0.0876 e. The van der Waals surface area contributed by atoms with E-state index in [1.54, 1.807) is 0 Å². The van der Waals surface area contributed by atoms with E-state index in [9.17, 15) is 0 Å². The van der Waals surface area contributed by atoms with Crippen LogP contribution in [0.4, 0.5) is 0 Å². The average Bonchev–Trinajstić information content (AvgIpc) is 2.40. The summed E-state index contributed by atoms with van der Waals surface area (Å²) in [6.45, 7) is 2.21. The van der Waals surface area contributed by atoms with Crippen molar-refractivity contribution in [2.75, 3.05) is 0 Å². The number of halogens is 1. The van der Waals surface area contributed by atoms with E-state index in [-0.39, 0.29) is 0 Å². The highest BCUT2D eigenvalue weighted by atomic mass is 79.9. The van der Waals surface area contributed by atoms with Crippen LogP contribution < -0.4 is 0 Å². The molecule has 0 amide bonds. The summed E-state index contributed by atoms with van der Waals surface area (Å²) in [4.78, 5) is 0. The summed E-state index contributed by atoms with van der Waals surface area (Å²) < 4.78 is 0. The van der Waals surface area contributed by atoms with Crippen molar-refractivity contribution in [1.29, 1.82) is 0 Å². The Bertz CT molecular complexity index is 641. The van der Waals surface area contributed by atoms with Crippen LogP contribution in [0.15, 0.2) is 48.5 Å². The lowest BCUT2D eigenvalue weighted by atomic mass is 9.93. The number of hydrogen-bond donors (Lipinski definition) is 0. The van der Waals surface area contributed by atoms with Crippen LogP contribution in [0.25, 0.3) is 21.5 Å². The number of hydrogen-bond acceptors (Lipinski definition) is 0. The Morgan fingerprint density at radius 2 is 1.18 bits per heavy atom. The van der Waals surface area contributed by atoms with Gasteiger partial charge >= 0.3 is 0 Å². The van der Waals surface area contributed by atoms with Crippen LogP contribution in [0.5, 0.6) is 0 Å². The highest BCUT2D eigenvalue weighted by Crippen LogP contribution is 2.33. The molecular weight excluding hydrogens is 272 g/mol. The monoisotopic (exact) mass is 284 g/mol. The van der Waals surface area contributed by atoms with Gasteiger partial charge in [-0.25, -0.2) is 0 Å². The molecule has 0 spiro atoms. The fourth-order valence-electron chi connectivity index (χ4n) is 2.58. The summed E-state index contributed by atoms with van der Waals surface area (Å²) in [5.41, 5.74) is 2.77. The molecule has 0 unspecified atom stereocenters. The van der Waals surface area contributed by atoms with Crippen molar-refractivity contribution in [3.8, 4) is 0 Å². The van der Waals surface area contributed by atoms with Crippen molar-refractivity contribution in [3.05, 3.63) is 59.7 Å². The summed E-state index contributed by atoms with van der Waals surface area (Å²) in [5, 5.41) is 6.34. The van der Waals surface area contributed by atoms with E-state index in [0.717, 1.165) is 5.33 Å². The number of alkyl halides is 1. The molecule has 1 heteroatoms. The fraction of sp³-hybridized carbons (Fsp3) is 0.125. The molecular formula is C16H13Br. The summed E-state index contributed by atoms with van der Waals surface area (Å²) >= 11 is 3.62. The van der Waals surface area contributed by atoms with Gasteiger partial charge in [0.2, 0.25) is 0 Å². The Balaban J connectivity index is 2.63. The molecule has 0 atom stereocenters. The quantitative estimate of drug-likeness (QED) is 0.426. The molecule has 3 aromatic rings. The third-order valence-corrected chi connectivity index (χ3v) is 4.01. The highest BCUT2D eigenvalue weighted by Gasteiger charge is 2.09. The van der Waals surface area contributed by atoms with E-state index in [4.69, 9.17) is 0 Å². The third kappa shape index (κ3) is 1.57. The van der Waals surface area contributed by atoms with E-state index >= 15 is 0 Å². The molecule has 0 aliphatic heterocycles. The molecule has 0 bridgehead atoms. The molecule has 0 fully saturated rings. The first-order valence-electron chi connectivity index (χ1n) is 5.78. The van der Waals surface area contributed by atoms with Crippen LogP contribution in [0.2, 0.25) is 0 Å². The third-order valence-electron chi connectivity index (χ3n) is 3.45. The van der Waals surface area contributed by atoms with Crippen molar-refractivity contribution < 1.29 is 0 Å². The molecule has 0 aromatic heterocycles. The topological polar surface area (TPSA) is 0 Å². The average molecular weight is 285 g/mol. The van der Waals surface area contributed by atoms with Crippen molar-refractivity contribution in [2.45, 2.75) is 12.3 Å². The second-order valence-corrected chi connectivity index (χ2v) is 4.89. The van der Waals surface area contributed by atoms with Gasteiger partial charge in [0, 0.05) is 5.33 Å². The Hall–Kier alpha value is -1.34.